The van der Waals surface area contributed by atoms with Crippen LogP contribution in [-0.4, -0.2) is 24.4 Å². The number of carbonyl (C=O) groups excluding carboxylic acids is 1. The minimum absolute atomic E-state index is 0.0263. The summed E-state index contributed by atoms with van der Waals surface area (Å²) in [5.74, 6) is -0.440. The molecule has 0 fully saturated rings. The van der Waals surface area contributed by atoms with Gasteiger partial charge in [-0.25, -0.2) is 22.9 Å². The summed E-state index contributed by atoms with van der Waals surface area (Å²) in [5, 5.41) is 19.0. The van der Waals surface area contributed by atoms with E-state index in [2.05, 4.69) is 4.98 Å². The molecular formula is C20H15N3O5S. The van der Waals surface area contributed by atoms with Gasteiger partial charge in [0, 0.05) is 18.3 Å². The van der Waals surface area contributed by atoms with Crippen LogP contribution >= 0.6 is 0 Å². The fourth-order valence-electron chi connectivity index (χ4n) is 3.03. The lowest BCUT2D eigenvalue weighted by Gasteiger charge is -2.19. The molecule has 1 atom stereocenters. The molecule has 2 heterocycles. The number of carbonyl (C=O) groups is 1. The predicted octanol–water partition coefficient (Wildman–Crippen LogP) is 1.92. The van der Waals surface area contributed by atoms with Crippen molar-refractivity contribution in [1.29, 1.82) is 0 Å². The molecule has 0 amide bonds. The molecule has 0 spiro atoms. The van der Waals surface area contributed by atoms with E-state index in [9.17, 15) is 18.4 Å². The van der Waals surface area contributed by atoms with E-state index in [4.69, 9.17) is 5.21 Å². The summed E-state index contributed by atoms with van der Waals surface area (Å²) < 4.78 is 27.5. The third-order valence-corrected chi connectivity index (χ3v) is 6.14. The van der Waals surface area contributed by atoms with E-state index in [1.807, 2.05) is 0 Å². The molecule has 1 aliphatic rings. The van der Waals surface area contributed by atoms with Crippen molar-refractivity contribution in [2.45, 2.75) is 4.90 Å². The molecule has 146 valence electrons. The second-order valence-corrected chi connectivity index (χ2v) is 8.03. The number of hydrogen-bond donors (Lipinski definition) is 2. The summed E-state index contributed by atoms with van der Waals surface area (Å²) in [6.07, 6.45) is 2.83. The van der Waals surface area contributed by atoms with Gasteiger partial charge in [-0.2, -0.15) is 5.23 Å². The molecule has 3 aromatic rings. The summed E-state index contributed by atoms with van der Waals surface area (Å²) in [5.41, 5.74) is 0.675. The summed E-state index contributed by atoms with van der Waals surface area (Å²) in [6.45, 7) is 0. The molecule has 1 unspecified atom stereocenters. The van der Waals surface area contributed by atoms with E-state index in [-0.39, 0.29) is 27.7 Å². The normalized spacial score (nSPS) is 16.1. The lowest BCUT2D eigenvalue weighted by molar-refractivity contribution is -0.991. The topological polar surface area (TPSA) is 115 Å². The van der Waals surface area contributed by atoms with Crippen LogP contribution in [0.1, 0.15) is 15.9 Å². The number of hydrogen-bond acceptors (Lipinski definition) is 6. The van der Waals surface area contributed by atoms with E-state index in [0.717, 1.165) is 4.31 Å². The third-order valence-electron chi connectivity index (χ3n) is 4.42. The number of quaternary nitrogens is 1. The zero-order valence-corrected chi connectivity index (χ0v) is 15.7. The van der Waals surface area contributed by atoms with Crippen LogP contribution in [0, 0.1) is 5.21 Å². The molecule has 8 nitrogen and oxygen atoms in total. The number of sulfonamides is 1. The second kappa shape index (κ2) is 7.22. The minimum Gasteiger partial charge on any atom is -0.595 e. The van der Waals surface area contributed by atoms with Crippen molar-refractivity contribution in [3.8, 4) is 0 Å². The van der Waals surface area contributed by atoms with Crippen LogP contribution in [0.3, 0.4) is 0 Å². The predicted molar refractivity (Wildman–Crippen MR) is 105 cm³/mol. The Balaban J connectivity index is 1.87. The van der Waals surface area contributed by atoms with E-state index in [1.165, 1.54) is 54.7 Å². The van der Waals surface area contributed by atoms with Crippen LogP contribution in [0.5, 0.6) is 0 Å². The van der Waals surface area contributed by atoms with Gasteiger partial charge < -0.3 is 5.21 Å². The van der Waals surface area contributed by atoms with E-state index >= 15 is 0 Å². The molecule has 1 aliphatic heterocycles. The number of fused-ring (bicyclic) bond motifs is 1. The SMILES string of the molecule is O=C1/C(=C\c2ccc([NH+]([O-])O)cc2)N(S(=O)(=O)c2ccccc2)c2ncccc21. The van der Waals surface area contributed by atoms with Gasteiger partial charge in [0.25, 0.3) is 10.0 Å². The maximum Gasteiger partial charge on any atom is 0.270 e. The Hall–Kier alpha value is -3.37. The first kappa shape index (κ1) is 19.0. The van der Waals surface area contributed by atoms with E-state index < -0.39 is 21.0 Å². The highest BCUT2D eigenvalue weighted by Crippen LogP contribution is 2.38. The number of rotatable bonds is 4. The van der Waals surface area contributed by atoms with Crippen LogP contribution < -0.4 is 9.53 Å². The highest BCUT2D eigenvalue weighted by atomic mass is 32.2. The van der Waals surface area contributed by atoms with Crippen LogP contribution in [0.2, 0.25) is 0 Å². The molecule has 4 rings (SSSR count). The number of ketones is 1. The largest absolute Gasteiger partial charge is 0.595 e. The lowest BCUT2D eigenvalue weighted by Crippen LogP contribution is -2.99. The van der Waals surface area contributed by atoms with Crippen LogP contribution in [-0.2, 0) is 10.0 Å². The van der Waals surface area contributed by atoms with Gasteiger partial charge in [-0.15, -0.1) is 0 Å². The fraction of sp³-hybridized carbons (Fsp3) is 0. The second-order valence-electron chi connectivity index (χ2n) is 6.24. The third kappa shape index (κ3) is 3.32. The van der Waals surface area contributed by atoms with Gasteiger partial charge >= 0.3 is 0 Å². The average Bonchev–Trinajstić information content (AvgIpc) is 3.01. The summed E-state index contributed by atoms with van der Waals surface area (Å²) in [4.78, 5) is 17.1. The Labute approximate surface area is 166 Å². The van der Waals surface area contributed by atoms with Gasteiger partial charge in [0.1, 0.15) is 5.70 Å². The Morgan fingerprint density at radius 2 is 1.69 bits per heavy atom. The number of aromatic nitrogens is 1. The van der Waals surface area contributed by atoms with Gasteiger partial charge in [-0.1, -0.05) is 18.2 Å². The standard InChI is InChI=1S/C20H15N3O5S/c24-19-17-7-4-12-21-20(17)22(29(27,28)16-5-2-1-3-6-16)18(19)13-14-8-10-15(11-9-14)23(25)26/h1-13,23,25H/b18-13+. The summed E-state index contributed by atoms with van der Waals surface area (Å²) in [7, 11) is -4.09. The van der Waals surface area contributed by atoms with Gasteiger partial charge in [-0.05, 0) is 48.0 Å². The van der Waals surface area contributed by atoms with Crippen LogP contribution in [0.15, 0.2) is 83.5 Å². The van der Waals surface area contributed by atoms with Crippen molar-refractivity contribution in [2.24, 2.45) is 0 Å². The van der Waals surface area contributed by atoms with Crippen molar-refractivity contribution in [1.82, 2.24) is 4.98 Å². The zero-order valence-electron chi connectivity index (χ0n) is 14.9. The molecule has 0 saturated heterocycles. The summed E-state index contributed by atoms with van der Waals surface area (Å²) in [6, 6.07) is 16.6. The van der Waals surface area contributed by atoms with E-state index in [1.54, 1.807) is 24.3 Å². The van der Waals surface area contributed by atoms with Crippen molar-refractivity contribution in [3.63, 3.8) is 0 Å². The van der Waals surface area contributed by atoms with E-state index in [0.29, 0.717) is 5.56 Å². The molecule has 9 heteroatoms. The van der Waals surface area contributed by atoms with Crippen LogP contribution in [0.25, 0.3) is 6.08 Å². The quantitative estimate of drug-likeness (QED) is 0.503. The molecule has 0 bridgehead atoms. The monoisotopic (exact) mass is 409 g/mol. The molecule has 0 aliphatic carbocycles. The first-order valence-electron chi connectivity index (χ1n) is 8.55. The molecule has 29 heavy (non-hydrogen) atoms. The number of allylic oxidation sites excluding steroid dienone is 1. The number of nitrogens with zero attached hydrogens (tertiary/aromatic N) is 2. The van der Waals surface area contributed by atoms with Crippen molar-refractivity contribution < 1.29 is 23.6 Å². The molecule has 0 radical (unpaired) electrons. The molecule has 1 aromatic heterocycles. The zero-order chi connectivity index (χ0) is 20.6. The first-order chi connectivity index (χ1) is 13.9. The Morgan fingerprint density at radius 3 is 2.34 bits per heavy atom. The lowest BCUT2D eigenvalue weighted by atomic mass is 10.1. The highest BCUT2D eigenvalue weighted by Gasteiger charge is 2.41. The Bertz CT molecular complexity index is 1210. The Kier molecular flexibility index (Phi) is 4.73. The van der Waals surface area contributed by atoms with Gasteiger partial charge in [-0.3, -0.25) is 4.79 Å². The van der Waals surface area contributed by atoms with Gasteiger partial charge in [0.05, 0.1) is 10.5 Å². The maximum atomic E-state index is 13.3. The molecule has 2 N–H and O–H groups in total. The summed E-state index contributed by atoms with van der Waals surface area (Å²) >= 11 is 0. The minimum atomic E-state index is -4.09. The molecular weight excluding hydrogens is 394 g/mol. The first-order valence-corrected chi connectivity index (χ1v) is 9.99. The van der Waals surface area contributed by atoms with Gasteiger partial charge in [0.2, 0.25) is 5.78 Å². The van der Waals surface area contributed by atoms with Crippen molar-refractivity contribution in [3.05, 3.63) is 95.0 Å². The smallest absolute Gasteiger partial charge is 0.270 e. The maximum absolute atomic E-state index is 13.3. The van der Waals surface area contributed by atoms with Gasteiger partial charge in [0.15, 0.2) is 11.5 Å². The number of pyridine rings is 1. The number of anilines is 1. The fourth-order valence-corrected chi connectivity index (χ4v) is 4.51. The molecule has 0 saturated carbocycles. The average molecular weight is 409 g/mol. The van der Waals surface area contributed by atoms with Crippen molar-refractivity contribution >= 4 is 33.4 Å². The number of benzene rings is 2. The van der Waals surface area contributed by atoms with Crippen molar-refractivity contribution in [2.75, 3.05) is 4.31 Å². The molecule has 2 aromatic carbocycles. The Morgan fingerprint density at radius 1 is 1.00 bits per heavy atom. The number of nitrogens with one attached hydrogen (secondary N) is 1. The highest BCUT2D eigenvalue weighted by molar-refractivity contribution is 7.93. The number of Topliss-reactive ketones (excluding diaryl/α,β-unsaturated/α-hetero) is 1. The van der Waals surface area contributed by atoms with Crippen LogP contribution in [0.4, 0.5) is 11.5 Å².